The number of aryl methyl sites for hydroxylation is 1. The van der Waals surface area contributed by atoms with Crippen molar-refractivity contribution in [2.24, 2.45) is 5.92 Å². The Bertz CT molecular complexity index is 336. The first-order chi connectivity index (χ1) is 7.77. The molecule has 0 radical (unpaired) electrons. The molecule has 0 aliphatic carbocycles. The second kappa shape index (κ2) is 5.69. The van der Waals surface area contributed by atoms with E-state index in [4.69, 9.17) is 0 Å². The third-order valence-corrected chi connectivity index (χ3v) is 4.38. The molecule has 1 aromatic heterocycles. The van der Waals surface area contributed by atoms with Crippen LogP contribution >= 0.6 is 11.8 Å². The molecule has 3 heteroatoms. The van der Waals surface area contributed by atoms with Gasteiger partial charge in [-0.25, -0.2) is 0 Å². The highest BCUT2D eigenvalue weighted by molar-refractivity contribution is 7.99. The Morgan fingerprint density at radius 2 is 2.25 bits per heavy atom. The molecule has 1 atom stereocenters. The highest BCUT2D eigenvalue weighted by Gasteiger charge is 2.19. The van der Waals surface area contributed by atoms with Crippen molar-refractivity contribution >= 4 is 11.8 Å². The quantitative estimate of drug-likeness (QED) is 0.877. The number of nitrogens with zero attached hydrogens (tertiary/aromatic N) is 1. The largest absolute Gasteiger partial charge is 0.388 e. The molecule has 2 rings (SSSR count). The van der Waals surface area contributed by atoms with Gasteiger partial charge in [0.25, 0.3) is 0 Å². The fraction of sp³-hybridized carbons (Fsp3) is 0.615. The molecule has 1 saturated heterocycles. The molecule has 0 spiro atoms. The van der Waals surface area contributed by atoms with Crippen molar-refractivity contribution in [2.45, 2.75) is 32.3 Å². The van der Waals surface area contributed by atoms with Gasteiger partial charge >= 0.3 is 0 Å². The number of aliphatic hydroxyl groups is 1. The topological polar surface area (TPSA) is 33.1 Å². The van der Waals surface area contributed by atoms with E-state index < -0.39 is 0 Å². The zero-order valence-electron chi connectivity index (χ0n) is 9.72. The molecular weight excluding hydrogens is 218 g/mol. The van der Waals surface area contributed by atoms with Crippen LogP contribution in [0.25, 0.3) is 0 Å². The van der Waals surface area contributed by atoms with Crippen molar-refractivity contribution in [3.05, 3.63) is 29.6 Å². The van der Waals surface area contributed by atoms with E-state index in [2.05, 4.69) is 4.98 Å². The van der Waals surface area contributed by atoms with Gasteiger partial charge in [0.15, 0.2) is 0 Å². The highest BCUT2D eigenvalue weighted by atomic mass is 32.2. The molecule has 1 aliphatic rings. The predicted molar refractivity (Wildman–Crippen MR) is 68.6 cm³/mol. The molecule has 1 aliphatic heterocycles. The normalized spacial score (nSPS) is 19.6. The number of thioether (sulfide) groups is 1. The summed E-state index contributed by atoms with van der Waals surface area (Å²) in [5.74, 6) is 3.20. The maximum absolute atomic E-state index is 10.2. The summed E-state index contributed by atoms with van der Waals surface area (Å²) in [6.07, 6.45) is 6.65. The van der Waals surface area contributed by atoms with Gasteiger partial charge in [-0.05, 0) is 55.2 Å². The van der Waals surface area contributed by atoms with Crippen molar-refractivity contribution in [1.29, 1.82) is 0 Å². The summed E-state index contributed by atoms with van der Waals surface area (Å²) in [6, 6.07) is 1.97. The predicted octanol–water partition coefficient (Wildman–Crippen LogP) is 2.96. The van der Waals surface area contributed by atoms with E-state index in [0.717, 1.165) is 17.5 Å². The van der Waals surface area contributed by atoms with Crippen molar-refractivity contribution in [1.82, 2.24) is 4.98 Å². The smallest absolute Gasteiger partial charge is 0.0810 e. The third-order valence-electron chi connectivity index (χ3n) is 3.34. The lowest BCUT2D eigenvalue weighted by Crippen LogP contribution is -2.14. The average molecular weight is 237 g/mol. The Balaban J connectivity index is 1.96. The molecule has 2 heterocycles. The van der Waals surface area contributed by atoms with Crippen molar-refractivity contribution in [3.8, 4) is 0 Å². The van der Waals surface area contributed by atoms with Gasteiger partial charge in [-0.3, -0.25) is 4.98 Å². The molecule has 1 fully saturated rings. The summed E-state index contributed by atoms with van der Waals surface area (Å²) in [6.45, 7) is 2.04. The average Bonchev–Trinajstić information content (AvgIpc) is 2.31. The summed E-state index contributed by atoms with van der Waals surface area (Å²) < 4.78 is 0. The summed E-state index contributed by atoms with van der Waals surface area (Å²) >= 11 is 2.03. The number of hydrogen-bond acceptors (Lipinski definition) is 3. The van der Waals surface area contributed by atoms with E-state index >= 15 is 0 Å². The van der Waals surface area contributed by atoms with Crippen LogP contribution in [0.15, 0.2) is 18.5 Å². The van der Waals surface area contributed by atoms with Crippen LogP contribution in [-0.2, 0) is 0 Å². The third kappa shape index (κ3) is 2.98. The second-order valence-corrected chi connectivity index (χ2v) is 5.76. The summed E-state index contributed by atoms with van der Waals surface area (Å²) in [7, 11) is 0. The van der Waals surface area contributed by atoms with E-state index in [1.165, 1.54) is 24.3 Å². The number of hydrogen-bond donors (Lipinski definition) is 1. The lowest BCUT2D eigenvalue weighted by atomic mass is 9.92. The van der Waals surface area contributed by atoms with Crippen LogP contribution in [0.5, 0.6) is 0 Å². The lowest BCUT2D eigenvalue weighted by molar-refractivity contribution is 0.140. The van der Waals surface area contributed by atoms with Crippen LogP contribution in [0.2, 0.25) is 0 Å². The maximum Gasteiger partial charge on any atom is 0.0810 e. The van der Waals surface area contributed by atoms with Crippen LogP contribution in [0.1, 0.15) is 36.5 Å². The Morgan fingerprint density at radius 3 is 2.94 bits per heavy atom. The monoisotopic (exact) mass is 237 g/mol. The van der Waals surface area contributed by atoms with Gasteiger partial charge in [-0.1, -0.05) is 0 Å². The second-order valence-electron chi connectivity index (χ2n) is 4.54. The molecule has 1 unspecified atom stereocenters. The van der Waals surface area contributed by atoms with E-state index in [0.29, 0.717) is 5.92 Å². The number of aliphatic hydroxyl groups excluding tert-OH is 1. The first kappa shape index (κ1) is 11.9. The molecular formula is C13H19NOS. The van der Waals surface area contributed by atoms with Crippen LogP contribution in [-0.4, -0.2) is 21.6 Å². The minimum Gasteiger partial charge on any atom is -0.388 e. The van der Waals surface area contributed by atoms with Crippen LogP contribution < -0.4 is 0 Å². The molecule has 0 saturated carbocycles. The fourth-order valence-corrected chi connectivity index (χ4v) is 3.45. The first-order valence-corrected chi connectivity index (χ1v) is 7.09. The zero-order valence-corrected chi connectivity index (χ0v) is 10.5. The maximum atomic E-state index is 10.2. The molecule has 0 bridgehead atoms. The van der Waals surface area contributed by atoms with Gasteiger partial charge in [0.2, 0.25) is 0 Å². The first-order valence-electron chi connectivity index (χ1n) is 5.93. The molecule has 0 amide bonds. The summed E-state index contributed by atoms with van der Waals surface area (Å²) in [5.41, 5.74) is 2.15. The summed E-state index contributed by atoms with van der Waals surface area (Å²) in [4.78, 5) is 4.10. The fourth-order valence-electron chi connectivity index (χ4n) is 2.25. The van der Waals surface area contributed by atoms with Crippen LogP contribution in [0.3, 0.4) is 0 Å². The minimum atomic E-state index is -0.332. The van der Waals surface area contributed by atoms with Gasteiger partial charge in [0.1, 0.15) is 0 Å². The molecule has 1 N–H and O–H groups in total. The Kier molecular flexibility index (Phi) is 4.24. The number of pyridine rings is 1. The number of rotatable bonds is 3. The Labute approximate surface area is 101 Å². The summed E-state index contributed by atoms with van der Waals surface area (Å²) in [5, 5.41) is 10.2. The Hall–Kier alpha value is -0.540. The molecule has 16 heavy (non-hydrogen) atoms. The van der Waals surface area contributed by atoms with E-state index in [-0.39, 0.29) is 6.10 Å². The number of aromatic nitrogens is 1. The van der Waals surface area contributed by atoms with Crippen LogP contribution in [0.4, 0.5) is 0 Å². The van der Waals surface area contributed by atoms with Crippen molar-refractivity contribution < 1.29 is 5.11 Å². The minimum absolute atomic E-state index is 0.332. The zero-order chi connectivity index (χ0) is 11.4. The highest BCUT2D eigenvalue weighted by Crippen LogP contribution is 2.31. The lowest BCUT2D eigenvalue weighted by Gasteiger charge is -2.24. The van der Waals surface area contributed by atoms with Gasteiger partial charge in [0, 0.05) is 18.0 Å². The van der Waals surface area contributed by atoms with E-state index in [1.54, 1.807) is 12.4 Å². The van der Waals surface area contributed by atoms with Crippen LogP contribution in [0, 0.1) is 12.8 Å². The molecule has 0 aromatic carbocycles. The molecule has 2 nitrogen and oxygen atoms in total. The molecule has 1 aromatic rings. The molecule has 88 valence electrons. The van der Waals surface area contributed by atoms with Gasteiger partial charge in [-0.2, -0.15) is 11.8 Å². The van der Waals surface area contributed by atoms with Gasteiger partial charge < -0.3 is 5.11 Å². The standard InChI is InChI=1S/C13H19NOS/c1-10-2-5-14-9-12(10)13(15)8-11-3-6-16-7-4-11/h2,5,9,11,13,15H,3-4,6-8H2,1H3. The van der Waals surface area contributed by atoms with Gasteiger partial charge in [-0.15, -0.1) is 0 Å². The Morgan fingerprint density at radius 1 is 1.50 bits per heavy atom. The van der Waals surface area contributed by atoms with Crippen molar-refractivity contribution in [2.75, 3.05) is 11.5 Å². The van der Waals surface area contributed by atoms with Gasteiger partial charge in [0.05, 0.1) is 6.10 Å². The van der Waals surface area contributed by atoms with Crippen molar-refractivity contribution in [3.63, 3.8) is 0 Å². The van der Waals surface area contributed by atoms with E-state index in [1.807, 2.05) is 24.8 Å². The SMILES string of the molecule is Cc1ccncc1C(O)CC1CCSCC1. The van der Waals surface area contributed by atoms with E-state index in [9.17, 15) is 5.11 Å².